The number of hydrogen-bond acceptors (Lipinski definition) is 6. The first-order chi connectivity index (χ1) is 14.9. The van der Waals surface area contributed by atoms with E-state index >= 15 is 0 Å². The summed E-state index contributed by atoms with van der Waals surface area (Å²) in [7, 11) is 4.60. The van der Waals surface area contributed by atoms with E-state index in [0.29, 0.717) is 22.9 Å². The first-order valence-corrected chi connectivity index (χ1v) is 9.72. The summed E-state index contributed by atoms with van der Waals surface area (Å²) < 4.78 is 15.5. The molecule has 4 amide bonds. The molecule has 1 aliphatic heterocycles. The molecule has 0 radical (unpaired) electrons. The molecule has 1 unspecified atom stereocenters. The van der Waals surface area contributed by atoms with Crippen molar-refractivity contribution in [2.75, 3.05) is 26.6 Å². The Kier molecular flexibility index (Phi) is 6.96. The van der Waals surface area contributed by atoms with Crippen molar-refractivity contribution in [2.45, 2.75) is 25.4 Å². The van der Waals surface area contributed by atoms with Crippen LogP contribution in [-0.4, -0.2) is 50.1 Å². The Hall–Kier alpha value is -3.75. The molecule has 31 heavy (non-hydrogen) atoms. The lowest BCUT2D eigenvalue weighted by atomic mass is 10.1. The van der Waals surface area contributed by atoms with Gasteiger partial charge < -0.3 is 24.8 Å². The van der Waals surface area contributed by atoms with Crippen molar-refractivity contribution in [3.05, 3.63) is 48.0 Å². The van der Waals surface area contributed by atoms with Gasteiger partial charge in [0.1, 0.15) is 23.3 Å². The van der Waals surface area contributed by atoms with E-state index in [9.17, 15) is 14.4 Å². The first kappa shape index (κ1) is 21.9. The quantitative estimate of drug-likeness (QED) is 0.596. The number of rotatable bonds is 9. The van der Waals surface area contributed by atoms with Crippen LogP contribution < -0.4 is 24.8 Å². The molecule has 9 heteroatoms. The molecule has 0 aromatic heterocycles. The van der Waals surface area contributed by atoms with Crippen molar-refractivity contribution in [1.29, 1.82) is 0 Å². The average Bonchev–Trinajstić information content (AvgIpc) is 3.06. The van der Waals surface area contributed by atoms with Gasteiger partial charge in [0.05, 0.1) is 33.6 Å². The van der Waals surface area contributed by atoms with Gasteiger partial charge in [-0.05, 0) is 36.2 Å². The molecule has 3 rings (SSSR count). The van der Waals surface area contributed by atoms with E-state index in [0.717, 1.165) is 10.5 Å². The maximum Gasteiger partial charge on any atom is 0.325 e. The number of amides is 4. The van der Waals surface area contributed by atoms with Crippen molar-refractivity contribution in [3.8, 4) is 17.2 Å². The number of nitrogens with one attached hydrogen (secondary N) is 2. The number of methoxy groups -OCH3 is 3. The van der Waals surface area contributed by atoms with Crippen molar-refractivity contribution < 1.29 is 28.6 Å². The van der Waals surface area contributed by atoms with Gasteiger partial charge in [-0.3, -0.25) is 14.5 Å². The second-order valence-corrected chi connectivity index (χ2v) is 6.93. The zero-order valence-corrected chi connectivity index (χ0v) is 17.6. The summed E-state index contributed by atoms with van der Waals surface area (Å²) in [6, 6.07) is 11.0. The zero-order valence-electron chi connectivity index (χ0n) is 17.6. The number of anilines is 1. The van der Waals surface area contributed by atoms with Crippen LogP contribution in [0.15, 0.2) is 42.5 Å². The van der Waals surface area contributed by atoms with Crippen molar-refractivity contribution >= 4 is 23.5 Å². The Morgan fingerprint density at radius 3 is 2.32 bits per heavy atom. The molecule has 1 aliphatic rings. The topological polar surface area (TPSA) is 106 Å². The maximum atomic E-state index is 12.6. The van der Waals surface area contributed by atoms with Gasteiger partial charge in [0.15, 0.2) is 0 Å². The van der Waals surface area contributed by atoms with Gasteiger partial charge in [0, 0.05) is 12.5 Å². The highest BCUT2D eigenvalue weighted by Crippen LogP contribution is 2.29. The molecule has 1 fully saturated rings. The Balaban J connectivity index is 1.55. The van der Waals surface area contributed by atoms with Crippen LogP contribution in [0.5, 0.6) is 17.2 Å². The molecule has 0 aliphatic carbocycles. The predicted octanol–water partition coefficient (Wildman–Crippen LogP) is 2.55. The van der Waals surface area contributed by atoms with Crippen molar-refractivity contribution in [3.63, 3.8) is 0 Å². The van der Waals surface area contributed by atoms with E-state index in [1.807, 2.05) is 0 Å². The molecule has 2 aromatic carbocycles. The van der Waals surface area contributed by atoms with E-state index in [-0.39, 0.29) is 31.2 Å². The summed E-state index contributed by atoms with van der Waals surface area (Å²) >= 11 is 0. The summed E-state index contributed by atoms with van der Waals surface area (Å²) in [4.78, 5) is 38.4. The Morgan fingerprint density at radius 1 is 1.00 bits per heavy atom. The summed E-state index contributed by atoms with van der Waals surface area (Å²) in [5.41, 5.74) is 1.30. The van der Waals surface area contributed by atoms with Crippen LogP contribution in [-0.2, 0) is 16.1 Å². The number of carbonyl (C=O) groups is 3. The monoisotopic (exact) mass is 427 g/mol. The van der Waals surface area contributed by atoms with Gasteiger partial charge in [-0.15, -0.1) is 0 Å². The zero-order chi connectivity index (χ0) is 22.4. The fourth-order valence-electron chi connectivity index (χ4n) is 3.23. The fourth-order valence-corrected chi connectivity index (χ4v) is 3.23. The second-order valence-electron chi connectivity index (χ2n) is 6.93. The van der Waals surface area contributed by atoms with Crippen LogP contribution in [0, 0.1) is 0 Å². The van der Waals surface area contributed by atoms with Crippen molar-refractivity contribution in [2.24, 2.45) is 0 Å². The molecule has 1 heterocycles. The van der Waals surface area contributed by atoms with Gasteiger partial charge in [0.2, 0.25) is 5.91 Å². The van der Waals surface area contributed by atoms with E-state index in [2.05, 4.69) is 10.6 Å². The van der Waals surface area contributed by atoms with Crippen LogP contribution >= 0.6 is 0 Å². The largest absolute Gasteiger partial charge is 0.497 e. The smallest absolute Gasteiger partial charge is 0.325 e. The lowest BCUT2D eigenvalue weighted by Crippen LogP contribution is -2.31. The van der Waals surface area contributed by atoms with E-state index in [1.165, 1.54) is 14.2 Å². The van der Waals surface area contributed by atoms with E-state index < -0.39 is 12.1 Å². The third-order valence-corrected chi connectivity index (χ3v) is 4.95. The van der Waals surface area contributed by atoms with Gasteiger partial charge in [-0.25, -0.2) is 4.79 Å². The minimum Gasteiger partial charge on any atom is -0.497 e. The molecule has 0 bridgehead atoms. The van der Waals surface area contributed by atoms with Gasteiger partial charge in [-0.1, -0.05) is 12.1 Å². The molecule has 2 aromatic rings. The maximum absolute atomic E-state index is 12.6. The van der Waals surface area contributed by atoms with Crippen LogP contribution in [0.2, 0.25) is 0 Å². The third kappa shape index (κ3) is 5.25. The molecule has 1 saturated heterocycles. The molecule has 1 atom stereocenters. The first-order valence-electron chi connectivity index (χ1n) is 9.72. The molecular weight excluding hydrogens is 402 g/mol. The van der Waals surface area contributed by atoms with Gasteiger partial charge in [0.25, 0.3) is 5.91 Å². The van der Waals surface area contributed by atoms with E-state index in [1.54, 1.807) is 49.6 Å². The lowest BCUT2D eigenvalue weighted by molar-refractivity contribution is -0.128. The lowest BCUT2D eigenvalue weighted by Gasteiger charge is -2.14. The van der Waals surface area contributed by atoms with Gasteiger partial charge >= 0.3 is 6.03 Å². The molecule has 9 nitrogen and oxygen atoms in total. The number of benzene rings is 2. The highest BCUT2D eigenvalue weighted by molar-refractivity contribution is 6.04. The molecule has 0 spiro atoms. The van der Waals surface area contributed by atoms with E-state index in [4.69, 9.17) is 14.2 Å². The Labute approximate surface area is 180 Å². The number of nitrogens with zero attached hydrogens (tertiary/aromatic N) is 1. The van der Waals surface area contributed by atoms with Crippen molar-refractivity contribution in [1.82, 2.24) is 10.2 Å². The number of hydrogen-bond donors (Lipinski definition) is 2. The minimum atomic E-state index is -0.741. The summed E-state index contributed by atoms with van der Waals surface area (Å²) in [6.45, 7) is 0.153. The fraction of sp³-hybridized carbons (Fsp3) is 0.318. The number of carbonyl (C=O) groups excluding carboxylic acids is 3. The molecule has 0 saturated carbocycles. The summed E-state index contributed by atoms with van der Waals surface area (Å²) in [6.07, 6.45) is 0.246. The Bertz CT molecular complexity index is 960. The van der Waals surface area contributed by atoms with Crippen LogP contribution in [0.4, 0.5) is 10.5 Å². The normalized spacial score (nSPS) is 15.5. The van der Waals surface area contributed by atoms with Crippen LogP contribution in [0.1, 0.15) is 18.4 Å². The SMILES string of the molecule is COc1ccc(CN2C(=O)NC(CCC(=O)Nc3ccc(OC)cc3OC)C2=O)cc1. The van der Waals surface area contributed by atoms with Crippen LogP contribution in [0.3, 0.4) is 0 Å². The second kappa shape index (κ2) is 9.84. The third-order valence-electron chi connectivity index (χ3n) is 4.95. The average molecular weight is 427 g/mol. The molecule has 2 N–H and O–H groups in total. The number of urea groups is 1. The standard InChI is InChI=1S/C22H25N3O6/c1-29-15-6-4-14(5-7-15)13-25-21(27)18(24-22(25)28)10-11-20(26)23-17-9-8-16(30-2)12-19(17)31-3/h4-9,12,18H,10-11,13H2,1-3H3,(H,23,26)(H,24,28). The highest BCUT2D eigenvalue weighted by atomic mass is 16.5. The van der Waals surface area contributed by atoms with Gasteiger partial charge in [-0.2, -0.15) is 0 Å². The van der Waals surface area contributed by atoms with Crippen LogP contribution in [0.25, 0.3) is 0 Å². The minimum absolute atomic E-state index is 0.0578. The molecular formula is C22H25N3O6. The molecule has 164 valence electrons. The summed E-state index contributed by atoms with van der Waals surface area (Å²) in [5.74, 6) is 1.11. The number of ether oxygens (including phenoxy) is 3. The number of imide groups is 1. The summed E-state index contributed by atoms with van der Waals surface area (Å²) in [5, 5.41) is 5.40. The highest BCUT2D eigenvalue weighted by Gasteiger charge is 2.37. The Morgan fingerprint density at radius 2 is 1.68 bits per heavy atom. The predicted molar refractivity (Wildman–Crippen MR) is 113 cm³/mol.